The molecule has 16 heavy (non-hydrogen) atoms. The molecule has 0 aromatic heterocycles. The summed E-state index contributed by atoms with van der Waals surface area (Å²) < 4.78 is 37.1. The van der Waals surface area contributed by atoms with Gasteiger partial charge >= 0.3 is 6.18 Å². The second-order valence-corrected chi connectivity index (χ2v) is 3.23. The average molecular weight is 231 g/mol. The monoisotopic (exact) mass is 231 g/mol. The van der Waals surface area contributed by atoms with E-state index in [1.165, 1.54) is 6.08 Å². The van der Waals surface area contributed by atoms with E-state index in [-0.39, 0.29) is 11.3 Å². The molecule has 1 aromatic rings. The van der Waals surface area contributed by atoms with E-state index >= 15 is 0 Å². The molecule has 0 radical (unpaired) electrons. The highest BCUT2D eigenvalue weighted by Gasteiger charge is 2.30. The second-order valence-electron chi connectivity index (χ2n) is 3.23. The second kappa shape index (κ2) is 5.03. The summed E-state index contributed by atoms with van der Waals surface area (Å²) in [6.45, 7) is 0.523. The third kappa shape index (κ3) is 3.27. The topological polar surface area (TPSA) is 32.3 Å². The van der Waals surface area contributed by atoms with Crippen molar-refractivity contribution in [2.75, 3.05) is 13.6 Å². The molecule has 0 saturated carbocycles. The molecule has 88 valence electrons. The molecule has 0 aliphatic rings. The third-order valence-corrected chi connectivity index (χ3v) is 1.97. The number of rotatable bonds is 3. The lowest BCUT2D eigenvalue weighted by atomic mass is 10.1. The van der Waals surface area contributed by atoms with Crippen LogP contribution >= 0.6 is 0 Å². The molecule has 0 aliphatic carbocycles. The van der Waals surface area contributed by atoms with Gasteiger partial charge in [-0.3, -0.25) is 0 Å². The fourth-order valence-electron chi connectivity index (χ4n) is 1.17. The van der Waals surface area contributed by atoms with Gasteiger partial charge < -0.3 is 10.4 Å². The molecule has 0 amide bonds. The van der Waals surface area contributed by atoms with E-state index in [4.69, 9.17) is 0 Å². The van der Waals surface area contributed by atoms with Gasteiger partial charge in [0.2, 0.25) is 0 Å². The maximum atomic E-state index is 12.4. The highest BCUT2D eigenvalue weighted by molar-refractivity contribution is 5.58. The number of phenolic OH excluding ortho intramolecular Hbond substituents is 1. The van der Waals surface area contributed by atoms with Crippen LogP contribution in [0.5, 0.6) is 5.75 Å². The van der Waals surface area contributed by atoms with E-state index in [0.717, 1.165) is 18.2 Å². The predicted octanol–water partition coefficient (Wildman–Crippen LogP) is 2.64. The van der Waals surface area contributed by atoms with Gasteiger partial charge in [0.1, 0.15) is 5.75 Å². The van der Waals surface area contributed by atoms with E-state index in [9.17, 15) is 18.3 Å². The van der Waals surface area contributed by atoms with Crippen molar-refractivity contribution in [1.29, 1.82) is 0 Å². The fraction of sp³-hybridized carbons (Fsp3) is 0.273. The van der Waals surface area contributed by atoms with Gasteiger partial charge in [0.15, 0.2) is 0 Å². The van der Waals surface area contributed by atoms with Crippen molar-refractivity contribution in [1.82, 2.24) is 5.32 Å². The minimum absolute atomic E-state index is 0.157. The first-order valence-electron chi connectivity index (χ1n) is 4.66. The van der Waals surface area contributed by atoms with Crippen molar-refractivity contribution in [3.63, 3.8) is 0 Å². The SMILES string of the molecule is CNCC=Cc1cc(C(F)(F)F)ccc1O. The molecule has 1 rings (SSSR count). The number of likely N-dealkylation sites (N-methyl/N-ethyl adjacent to an activating group) is 1. The Kier molecular flexibility index (Phi) is 3.95. The van der Waals surface area contributed by atoms with Gasteiger partial charge in [-0.05, 0) is 25.2 Å². The summed E-state index contributed by atoms with van der Waals surface area (Å²) in [6.07, 6.45) is -1.31. The number of hydrogen-bond acceptors (Lipinski definition) is 2. The number of alkyl halides is 3. The molecule has 0 heterocycles. The van der Waals surface area contributed by atoms with Crippen LogP contribution in [0.1, 0.15) is 11.1 Å². The van der Waals surface area contributed by atoms with Crippen molar-refractivity contribution in [2.45, 2.75) is 6.18 Å². The molecule has 0 bridgehead atoms. The molecule has 0 aliphatic heterocycles. The standard InChI is InChI=1S/C11H12F3NO/c1-15-6-2-3-8-7-9(11(12,13)14)4-5-10(8)16/h2-5,7,15-16H,6H2,1H3. The Morgan fingerprint density at radius 2 is 2.06 bits per heavy atom. The highest BCUT2D eigenvalue weighted by Crippen LogP contribution is 2.32. The van der Waals surface area contributed by atoms with Crippen LogP contribution < -0.4 is 5.32 Å². The summed E-state index contributed by atoms with van der Waals surface area (Å²) in [5.41, 5.74) is -0.612. The van der Waals surface area contributed by atoms with Crippen molar-refractivity contribution in [3.05, 3.63) is 35.4 Å². The first-order valence-corrected chi connectivity index (χ1v) is 4.66. The van der Waals surface area contributed by atoms with E-state index in [0.29, 0.717) is 6.54 Å². The highest BCUT2D eigenvalue weighted by atomic mass is 19.4. The minimum Gasteiger partial charge on any atom is -0.507 e. The van der Waals surface area contributed by atoms with Crippen LogP contribution in [-0.4, -0.2) is 18.7 Å². The lowest BCUT2D eigenvalue weighted by molar-refractivity contribution is -0.137. The van der Waals surface area contributed by atoms with E-state index in [1.54, 1.807) is 13.1 Å². The number of phenols is 1. The van der Waals surface area contributed by atoms with Crippen LogP contribution in [0.25, 0.3) is 6.08 Å². The summed E-state index contributed by atoms with van der Waals surface area (Å²) >= 11 is 0. The van der Waals surface area contributed by atoms with Gasteiger partial charge in [-0.1, -0.05) is 12.2 Å². The Morgan fingerprint density at radius 3 is 2.62 bits per heavy atom. The molecule has 0 unspecified atom stereocenters. The van der Waals surface area contributed by atoms with E-state index < -0.39 is 11.7 Å². The maximum absolute atomic E-state index is 12.4. The average Bonchev–Trinajstić information content (AvgIpc) is 2.19. The smallest absolute Gasteiger partial charge is 0.416 e. The Morgan fingerprint density at radius 1 is 1.38 bits per heavy atom. The molecule has 0 fully saturated rings. The van der Waals surface area contributed by atoms with Crippen molar-refractivity contribution >= 4 is 6.08 Å². The maximum Gasteiger partial charge on any atom is 0.416 e. The van der Waals surface area contributed by atoms with E-state index in [1.807, 2.05) is 0 Å². The molecule has 0 saturated heterocycles. The Bertz CT molecular complexity index is 385. The molecule has 1 aromatic carbocycles. The predicted molar refractivity (Wildman–Crippen MR) is 56.1 cm³/mol. The summed E-state index contributed by atoms with van der Waals surface area (Å²) in [5, 5.41) is 12.2. The zero-order valence-corrected chi connectivity index (χ0v) is 8.67. The zero-order valence-electron chi connectivity index (χ0n) is 8.67. The van der Waals surface area contributed by atoms with Gasteiger partial charge in [-0.2, -0.15) is 13.2 Å². The first kappa shape index (κ1) is 12.6. The normalized spacial score (nSPS) is 12.2. The molecular weight excluding hydrogens is 219 g/mol. The van der Waals surface area contributed by atoms with Crippen molar-refractivity contribution in [2.24, 2.45) is 0 Å². The van der Waals surface area contributed by atoms with Crippen molar-refractivity contribution < 1.29 is 18.3 Å². The van der Waals surface area contributed by atoms with Gasteiger partial charge in [-0.25, -0.2) is 0 Å². The van der Waals surface area contributed by atoms with Crippen LogP contribution in [0.15, 0.2) is 24.3 Å². The molecular formula is C11H12F3NO. The summed E-state index contributed by atoms with van der Waals surface area (Å²) in [6, 6.07) is 2.81. The van der Waals surface area contributed by atoms with Crippen molar-refractivity contribution in [3.8, 4) is 5.75 Å². The minimum atomic E-state index is -4.39. The Labute approximate surface area is 91.4 Å². The van der Waals surface area contributed by atoms with Gasteiger partial charge in [0.25, 0.3) is 0 Å². The summed E-state index contributed by atoms with van der Waals surface area (Å²) in [4.78, 5) is 0. The van der Waals surface area contributed by atoms with Crippen LogP contribution in [0.4, 0.5) is 13.2 Å². The largest absolute Gasteiger partial charge is 0.507 e. The Hall–Kier alpha value is -1.49. The molecule has 5 heteroatoms. The summed E-state index contributed by atoms with van der Waals surface area (Å²) in [5.74, 6) is -0.166. The number of halogens is 3. The molecule has 0 spiro atoms. The van der Waals surface area contributed by atoms with Crippen LogP contribution in [-0.2, 0) is 6.18 Å². The number of hydrogen-bond donors (Lipinski definition) is 2. The van der Waals surface area contributed by atoms with Gasteiger partial charge in [-0.15, -0.1) is 0 Å². The summed E-state index contributed by atoms with van der Waals surface area (Å²) in [7, 11) is 1.72. The Balaban J connectivity index is 3.00. The van der Waals surface area contributed by atoms with Crippen LogP contribution in [0.3, 0.4) is 0 Å². The molecule has 0 atom stereocenters. The zero-order chi connectivity index (χ0) is 12.2. The van der Waals surface area contributed by atoms with E-state index in [2.05, 4.69) is 5.32 Å². The number of benzene rings is 1. The quantitative estimate of drug-likeness (QED) is 0.838. The van der Waals surface area contributed by atoms with Gasteiger partial charge in [0.05, 0.1) is 5.56 Å². The fourth-order valence-corrected chi connectivity index (χ4v) is 1.17. The lowest BCUT2D eigenvalue weighted by Crippen LogP contribution is -2.05. The molecule has 2 nitrogen and oxygen atoms in total. The number of aromatic hydroxyl groups is 1. The van der Waals surface area contributed by atoms with Gasteiger partial charge in [0, 0.05) is 12.1 Å². The third-order valence-electron chi connectivity index (χ3n) is 1.97. The van der Waals surface area contributed by atoms with Crippen LogP contribution in [0.2, 0.25) is 0 Å². The van der Waals surface area contributed by atoms with Crippen LogP contribution in [0, 0.1) is 0 Å². The number of nitrogens with one attached hydrogen (secondary N) is 1. The lowest BCUT2D eigenvalue weighted by Gasteiger charge is -2.08. The first-order chi connectivity index (χ1) is 7.45. The molecule has 2 N–H and O–H groups in total.